The van der Waals surface area contributed by atoms with Crippen molar-refractivity contribution in [3.8, 4) is 0 Å². The summed E-state index contributed by atoms with van der Waals surface area (Å²) in [5.74, 6) is 0.651. The van der Waals surface area contributed by atoms with Crippen LogP contribution in [0.5, 0.6) is 0 Å². The first-order chi connectivity index (χ1) is 13.7. The molecule has 0 aliphatic carbocycles. The summed E-state index contributed by atoms with van der Waals surface area (Å²) in [5, 5.41) is 0.746. The van der Waals surface area contributed by atoms with E-state index in [1.807, 2.05) is 24.3 Å². The Hall–Kier alpha value is -1.62. The Labute approximate surface area is 172 Å². The molecule has 4 nitrogen and oxygen atoms in total. The van der Waals surface area contributed by atoms with Crippen LogP contribution in [0.2, 0.25) is 5.02 Å². The molecule has 2 aliphatic heterocycles. The van der Waals surface area contributed by atoms with Crippen LogP contribution in [-0.2, 0) is 0 Å². The molecule has 28 heavy (non-hydrogen) atoms. The van der Waals surface area contributed by atoms with Gasteiger partial charge >= 0.3 is 0 Å². The first-order valence-electron chi connectivity index (χ1n) is 10.8. The predicted octanol–water partition coefficient (Wildman–Crippen LogP) is 2.36. The van der Waals surface area contributed by atoms with E-state index in [1.54, 1.807) is 6.26 Å². The monoisotopic (exact) mass is 402 g/mol. The van der Waals surface area contributed by atoms with Crippen molar-refractivity contribution in [3.63, 3.8) is 0 Å². The van der Waals surface area contributed by atoms with Crippen LogP contribution in [0.4, 0.5) is 0 Å². The molecule has 2 aliphatic rings. The molecule has 2 atom stereocenters. The minimum atomic E-state index is -0.110. The fourth-order valence-electron chi connectivity index (χ4n) is 5.11. The molecule has 2 fully saturated rings. The van der Waals surface area contributed by atoms with Crippen molar-refractivity contribution in [3.05, 3.63) is 59.0 Å². The number of carbonyl (C=O) groups excluding carboxylic acids is 1. The lowest BCUT2D eigenvalue weighted by Crippen LogP contribution is -3.24. The SMILES string of the molecule is O=C(c1ccco1)[C@@H]([C@H](c1ccc(Cl)cc1)[NH+]1CCCCC1)[NH+]1CCCCC1. The number of furan rings is 1. The lowest BCUT2D eigenvalue weighted by molar-refractivity contribution is -0.997. The highest BCUT2D eigenvalue weighted by atomic mass is 35.5. The molecule has 2 saturated heterocycles. The highest BCUT2D eigenvalue weighted by molar-refractivity contribution is 6.30. The zero-order chi connectivity index (χ0) is 19.3. The van der Waals surface area contributed by atoms with E-state index in [4.69, 9.17) is 16.0 Å². The normalized spacial score (nSPS) is 21.3. The average Bonchev–Trinajstić information content (AvgIpc) is 3.29. The minimum absolute atomic E-state index is 0.110. The van der Waals surface area contributed by atoms with E-state index in [1.165, 1.54) is 53.9 Å². The molecular weight excluding hydrogens is 372 g/mol. The maximum Gasteiger partial charge on any atom is 0.261 e. The number of hydrogen-bond acceptors (Lipinski definition) is 2. The van der Waals surface area contributed by atoms with Gasteiger partial charge in [0.2, 0.25) is 6.04 Å². The summed E-state index contributed by atoms with van der Waals surface area (Å²) in [4.78, 5) is 16.6. The van der Waals surface area contributed by atoms with Crippen molar-refractivity contribution in [1.29, 1.82) is 0 Å². The lowest BCUT2D eigenvalue weighted by atomic mass is 9.89. The van der Waals surface area contributed by atoms with Gasteiger partial charge in [0.05, 0.1) is 32.4 Å². The van der Waals surface area contributed by atoms with E-state index in [0.29, 0.717) is 5.76 Å². The van der Waals surface area contributed by atoms with Crippen LogP contribution in [0.15, 0.2) is 47.1 Å². The van der Waals surface area contributed by atoms with Gasteiger partial charge in [-0.2, -0.15) is 0 Å². The molecule has 1 aromatic heterocycles. The molecule has 5 heteroatoms. The summed E-state index contributed by atoms with van der Waals surface area (Å²) in [6.45, 7) is 4.38. The van der Waals surface area contributed by atoms with Crippen molar-refractivity contribution in [2.45, 2.75) is 50.6 Å². The van der Waals surface area contributed by atoms with Gasteiger partial charge in [0.15, 0.2) is 11.8 Å². The van der Waals surface area contributed by atoms with Crippen LogP contribution in [0.3, 0.4) is 0 Å². The second-order valence-corrected chi connectivity index (χ2v) is 8.72. The van der Waals surface area contributed by atoms with Gasteiger partial charge in [0.25, 0.3) is 5.78 Å². The maximum absolute atomic E-state index is 13.7. The van der Waals surface area contributed by atoms with Gasteiger partial charge in [-0.15, -0.1) is 0 Å². The second-order valence-electron chi connectivity index (χ2n) is 8.29. The summed E-state index contributed by atoms with van der Waals surface area (Å²) < 4.78 is 5.57. The van der Waals surface area contributed by atoms with E-state index in [2.05, 4.69) is 12.1 Å². The predicted molar refractivity (Wildman–Crippen MR) is 110 cm³/mol. The number of hydrogen-bond donors (Lipinski definition) is 2. The van der Waals surface area contributed by atoms with Crippen molar-refractivity contribution in [2.24, 2.45) is 0 Å². The molecule has 0 amide bonds. The Morgan fingerprint density at radius 1 is 0.857 bits per heavy atom. The van der Waals surface area contributed by atoms with Gasteiger partial charge in [-0.05, 0) is 62.8 Å². The summed E-state index contributed by atoms with van der Waals surface area (Å²) >= 11 is 6.18. The Morgan fingerprint density at radius 3 is 2.04 bits per heavy atom. The molecule has 1 aromatic carbocycles. The van der Waals surface area contributed by atoms with Gasteiger partial charge < -0.3 is 14.2 Å². The van der Waals surface area contributed by atoms with Crippen LogP contribution >= 0.6 is 11.6 Å². The van der Waals surface area contributed by atoms with Crippen molar-refractivity contribution >= 4 is 17.4 Å². The second kappa shape index (κ2) is 9.25. The van der Waals surface area contributed by atoms with E-state index in [-0.39, 0.29) is 17.9 Å². The van der Waals surface area contributed by atoms with Gasteiger partial charge in [0.1, 0.15) is 0 Å². The Balaban J connectivity index is 1.74. The molecule has 0 spiro atoms. The molecule has 150 valence electrons. The number of nitrogens with one attached hydrogen (secondary N) is 2. The van der Waals surface area contributed by atoms with E-state index >= 15 is 0 Å². The number of quaternary nitrogens is 2. The zero-order valence-corrected chi connectivity index (χ0v) is 17.2. The number of piperidine rings is 2. The third kappa shape index (κ3) is 4.35. The summed E-state index contributed by atoms with van der Waals surface area (Å²) in [7, 11) is 0. The summed E-state index contributed by atoms with van der Waals surface area (Å²) in [6, 6.07) is 11.9. The van der Waals surface area contributed by atoms with Gasteiger partial charge in [-0.3, -0.25) is 4.79 Å². The first-order valence-corrected chi connectivity index (χ1v) is 11.1. The van der Waals surface area contributed by atoms with Crippen LogP contribution in [0.25, 0.3) is 0 Å². The molecule has 4 rings (SSSR count). The maximum atomic E-state index is 13.7. The fourth-order valence-corrected chi connectivity index (χ4v) is 5.24. The molecule has 0 bridgehead atoms. The fraction of sp³-hybridized carbons (Fsp3) is 0.522. The van der Waals surface area contributed by atoms with E-state index < -0.39 is 0 Å². The van der Waals surface area contributed by atoms with Gasteiger partial charge in [0, 0.05) is 10.6 Å². The van der Waals surface area contributed by atoms with Crippen LogP contribution in [-0.4, -0.2) is 38.0 Å². The lowest BCUT2D eigenvalue weighted by Gasteiger charge is -2.39. The molecule has 0 saturated carbocycles. The van der Waals surface area contributed by atoms with Gasteiger partial charge in [-0.1, -0.05) is 23.7 Å². The molecule has 0 radical (unpaired) electrons. The summed E-state index contributed by atoms with van der Waals surface area (Å²) in [6.07, 6.45) is 9.03. The average molecular weight is 403 g/mol. The van der Waals surface area contributed by atoms with Crippen molar-refractivity contribution in [2.75, 3.05) is 26.2 Å². The van der Waals surface area contributed by atoms with Crippen molar-refractivity contribution in [1.82, 2.24) is 0 Å². The Morgan fingerprint density at radius 2 is 1.46 bits per heavy atom. The molecule has 2 N–H and O–H groups in total. The minimum Gasteiger partial charge on any atom is -0.461 e. The Bertz CT molecular complexity index is 747. The number of carbonyl (C=O) groups is 1. The van der Waals surface area contributed by atoms with Crippen LogP contribution in [0, 0.1) is 0 Å². The molecule has 2 aromatic rings. The quantitative estimate of drug-likeness (QED) is 0.728. The topological polar surface area (TPSA) is 39.1 Å². The van der Waals surface area contributed by atoms with Gasteiger partial charge in [-0.25, -0.2) is 0 Å². The number of halogens is 1. The molecular formula is C23H31ClN2O2+2. The van der Waals surface area contributed by atoms with E-state index in [0.717, 1.165) is 31.2 Å². The Kier molecular flexibility index (Phi) is 6.50. The number of ketones is 1. The smallest absolute Gasteiger partial charge is 0.261 e. The molecule has 0 unspecified atom stereocenters. The number of benzene rings is 1. The van der Waals surface area contributed by atoms with Crippen LogP contribution < -0.4 is 9.80 Å². The zero-order valence-electron chi connectivity index (χ0n) is 16.5. The third-order valence-electron chi connectivity index (χ3n) is 6.48. The van der Waals surface area contributed by atoms with Crippen molar-refractivity contribution < 1.29 is 19.0 Å². The number of rotatable bonds is 6. The first kappa shape index (κ1) is 19.7. The number of likely N-dealkylation sites (tertiary alicyclic amines) is 2. The highest BCUT2D eigenvalue weighted by Gasteiger charge is 2.46. The standard InChI is InChI=1S/C23H29ClN2O2/c24-19-11-9-18(10-12-19)21(25-13-3-1-4-14-25)22(26-15-5-2-6-16-26)23(27)20-8-7-17-28-20/h7-12,17,21-22H,1-6,13-16H2/p+2/t21-,22+/m0/s1. The largest absolute Gasteiger partial charge is 0.461 e. The third-order valence-corrected chi connectivity index (χ3v) is 6.73. The number of Topliss-reactive ketones (excluding diaryl/α,β-unsaturated/α-hetero) is 1. The highest BCUT2D eigenvalue weighted by Crippen LogP contribution is 2.21. The van der Waals surface area contributed by atoms with Crippen LogP contribution in [0.1, 0.15) is 60.7 Å². The molecule has 3 heterocycles. The summed E-state index contributed by atoms with van der Waals surface area (Å²) in [5.41, 5.74) is 1.23. The van der Waals surface area contributed by atoms with E-state index in [9.17, 15) is 4.79 Å².